The number of hydrogen-bond donors (Lipinski definition) is 0. The summed E-state index contributed by atoms with van der Waals surface area (Å²) in [6.07, 6.45) is 9.39. The van der Waals surface area contributed by atoms with Crippen molar-refractivity contribution in [2.45, 2.75) is 32.1 Å². The molecule has 1 aliphatic heterocycles. The second-order valence-corrected chi connectivity index (χ2v) is 3.70. The zero-order valence-corrected chi connectivity index (χ0v) is 7.16. The van der Waals surface area contributed by atoms with Crippen LogP contribution in [-0.2, 0) is 9.53 Å². The Balaban J connectivity index is 2.01. The van der Waals surface area contributed by atoms with Gasteiger partial charge in [-0.05, 0) is 31.3 Å². The Kier molecular flexibility index (Phi) is 2.15. The number of ether oxygens (including phenoxy) is 1. The van der Waals surface area contributed by atoms with Gasteiger partial charge in [0, 0.05) is 0 Å². The van der Waals surface area contributed by atoms with Crippen LogP contribution < -0.4 is 0 Å². The topological polar surface area (TPSA) is 26.3 Å². The van der Waals surface area contributed by atoms with Crippen LogP contribution in [0.1, 0.15) is 32.1 Å². The highest BCUT2D eigenvalue weighted by atomic mass is 16.5. The normalized spacial score (nSPS) is 30.7. The molecule has 66 valence electrons. The van der Waals surface area contributed by atoms with E-state index in [9.17, 15) is 4.79 Å². The van der Waals surface area contributed by atoms with Crippen molar-refractivity contribution in [2.24, 2.45) is 11.8 Å². The van der Waals surface area contributed by atoms with Gasteiger partial charge in [-0.2, -0.15) is 0 Å². The number of esters is 1. The second-order valence-electron chi connectivity index (χ2n) is 3.70. The fourth-order valence-electron chi connectivity index (χ4n) is 2.25. The molecule has 2 aliphatic rings. The minimum Gasteiger partial charge on any atom is -0.435 e. The van der Waals surface area contributed by atoms with Crippen LogP contribution in [-0.4, -0.2) is 5.97 Å². The first-order valence-corrected chi connectivity index (χ1v) is 4.73. The molecule has 1 unspecified atom stereocenters. The maximum atomic E-state index is 11.3. The summed E-state index contributed by atoms with van der Waals surface area (Å²) in [5.74, 6) is 0.754. The quantitative estimate of drug-likeness (QED) is 0.558. The highest BCUT2D eigenvalue weighted by Crippen LogP contribution is 2.35. The molecule has 0 saturated heterocycles. The van der Waals surface area contributed by atoms with Crippen molar-refractivity contribution >= 4 is 5.97 Å². The predicted molar refractivity (Wildman–Crippen MR) is 45.3 cm³/mol. The van der Waals surface area contributed by atoms with Crippen molar-refractivity contribution in [3.8, 4) is 0 Å². The van der Waals surface area contributed by atoms with Gasteiger partial charge in [-0.25, -0.2) is 0 Å². The number of carbonyl (C=O) groups is 1. The van der Waals surface area contributed by atoms with Crippen LogP contribution in [0.4, 0.5) is 0 Å². The average molecular weight is 166 g/mol. The van der Waals surface area contributed by atoms with Crippen LogP contribution in [0, 0.1) is 11.8 Å². The van der Waals surface area contributed by atoms with Gasteiger partial charge in [0.05, 0.1) is 12.2 Å². The van der Waals surface area contributed by atoms with Gasteiger partial charge in [-0.3, -0.25) is 4.79 Å². The van der Waals surface area contributed by atoms with E-state index in [0.29, 0.717) is 5.92 Å². The third-order valence-electron chi connectivity index (χ3n) is 2.94. The molecule has 1 saturated carbocycles. The SMILES string of the molecule is O=C1OC=CCC1C1CCCC1. The second kappa shape index (κ2) is 3.30. The third kappa shape index (κ3) is 1.38. The van der Waals surface area contributed by atoms with Gasteiger partial charge in [0.15, 0.2) is 0 Å². The molecule has 0 aromatic rings. The lowest BCUT2D eigenvalue weighted by Gasteiger charge is -2.21. The van der Waals surface area contributed by atoms with E-state index in [1.807, 2.05) is 6.08 Å². The molecule has 1 atom stereocenters. The molecule has 0 amide bonds. The molecule has 0 aromatic heterocycles. The number of hydrogen-bond acceptors (Lipinski definition) is 2. The number of rotatable bonds is 1. The fraction of sp³-hybridized carbons (Fsp3) is 0.700. The van der Waals surface area contributed by atoms with Crippen molar-refractivity contribution in [3.05, 3.63) is 12.3 Å². The molecule has 1 fully saturated rings. The lowest BCUT2D eigenvalue weighted by Crippen LogP contribution is -2.24. The van der Waals surface area contributed by atoms with Crippen LogP contribution in [0.2, 0.25) is 0 Å². The molecule has 0 spiro atoms. The van der Waals surface area contributed by atoms with Crippen molar-refractivity contribution in [1.82, 2.24) is 0 Å². The minimum atomic E-state index is -0.00981. The van der Waals surface area contributed by atoms with Crippen molar-refractivity contribution in [3.63, 3.8) is 0 Å². The zero-order chi connectivity index (χ0) is 8.39. The van der Waals surface area contributed by atoms with Gasteiger partial charge in [0.25, 0.3) is 0 Å². The van der Waals surface area contributed by atoms with Crippen LogP contribution in [0.5, 0.6) is 0 Å². The van der Waals surface area contributed by atoms with Gasteiger partial charge < -0.3 is 4.74 Å². The predicted octanol–water partition coefficient (Wildman–Crippen LogP) is 2.25. The summed E-state index contributed by atoms with van der Waals surface area (Å²) < 4.78 is 4.88. The van der Waals surface area contributed by atoms with Gasteiger partial charge >= 0.3 is 5.97 Å². The Morgan fingerprint density at radius 1 is 1.33 bits per heavy atom. The van der Waals surface area contributed by atoms with Crippen molar-refractivity contribution < 1.29 is 9.53 Å². The molecule has 12 heavy (non-hydrogen) atoms. The third-order valence-corrected chi connectivity index (χ3v) is 2.94. The van der Waals surface area contributed by atoms with Crippen molar-refractivity contribution in [2.75, 3.05) is 0 Å². The van der Waals surface area contributed by atoms with E-state index in [0.717, 1.165) is 6.42 Å². The molecule has 0 aromatic carbocycles. The summed E-state index contributed by atoms with van der Waals surface area (Å²) in [5.41, 5.74) is 0. The van der Waals surface area contributed by atoms with E-state index >= 15 is 0 Å². The first kappa shape index (κ1) is 7.84. The molecule has 1 aliphatic carbocycles. The zero-order valence-electron chi connectivity index (χ0n) is 7.16. The van der Waals surface area contributed by atoms with E-state index in [2.05, 4.69) is 0 Å². The van der Waals surface area contributed by atoms with Gasteiger partial charge in [-0.1, -0.05) is 12.8 Å². The lowest BCUT2D eigenvalue weighted by atomic mass is 9.87. The Bertz CT molecular complexity index is 202. The molecule has 1 heterocycles. The largest absolute Gasteiger partial charge is 0.435 e. The van der Waals surface area contributed by atoms with Crippen molar-refractivity contribution in [1.29, 1.82) is 0 Å². The summed E-state index contributed by atoms with van der Waals surface area (Å²) in [7, 11) is 0. The van der Waals surface area contributed by atoms with E-state index in [4.69, 9.17) is 4.74 Å². The molecular formula is C10H14O2. The first-order valence-electron chi connectivity index (χ1n) is 4.73. The maximum Gasteiger partial charge on any atom is 0.314 e. The molecular weight excluding hydrogens is 152 g/mol. The Hall–Kier alpha value is -0.790. The summed E-state index contributed by atoms with van der Waals surface area (Å²) >= 11 is 0. The standard InChI is InChI=1S/C10H14O2/c11-10-9(6-3-7-12-10)8-4-1-2-5-8/h3,7-9H,1-2,4-6H2. The highest BCUT2D eigenvalue weighted by Gasteiger charge is 2.31. The summed E-state index contributed by atoms with van der Waals surface area (Å²) in [4.78, 5) is 11.3. The lowest BCUT2D eigenvalue weighted by molar-refractivity contribution is -0.145. The summed E-state index contributed by atoms with van der Waals surface area (Å²) in [5, 5.41) is 0. The van der Waals surface area contributed by atoms with Gasteiger partial charge in [0.2, 0.25) is 0 Å². The highest BCUT2D eigenvalue weighted by molar-refractivity contribution is 5.74. The van der Waals surface area contributed by atoms with E-state index in [1.54, 1.807) is 0 Å². The Morgan fingerprint density at radius 2 is 2.08 bits per heavy atom. The summed E-state index contributed by atoms with van der Waals surface area (Å²) in [6, 6.07) is 0. The van der Waals surface area contributed by atoms with Gasteiger partial charge in [-0.15, -0.1) is 0 Å². The molecule has 2 rings (SSSR count). The van der Waals surface area contributed by atoms with Crippen LogP contribution in [0.3, 0.4) is 0 Å². The Labute approximate surface area is 72.6 Å². The molecule has 0 radical (unpaired) electrons. The Morgan fingerprint density at radius 3 is 2.75 bits per heavy atom. The maximum absolute atomic E-state index is 11.3. The number of carbonyl (C=O) groups excluding carboxylic acids is 1. The van der Waals surface area contributed by atoms with Crippen LogP contribution in [0.25, 0.3) is 0 Å². The molecule has 0 bridgehead atoms. The van der Waals surface area contributed by atoms with Crippen LogP contribution in [0.15, 0.2) is 12.3 Å². The fourth-order valence-corrected chi connectivity index (χ4v) is 2.25. The monoisotopic (exact) mass is 166 g/mol. The van der Waals surface area contributed by atoms with Crippen LogP contribution >= 0.6 is 0 Å². The smallest absolute Gasteiger partial charge is 0.314 e. The van der Waals surface area contributed by atoms with E-state index < -0.39 is 0 Å². The van der Waals surface area contributed by atoms with E-state index in [1.165, 1.54) is 31.9 Å². The summed E-state index contributed by atoms with van der Waals surface area (Å²) in [6.45, 7) is 0. The minimum absolute atomic E-state index is 0.00981. The van der Waals surface area contributed by atoms with E-state index in [-0.39, 0.29) is 11.9 Å². The molecule has 0 N–H and O–H groups in total. The molecule has 2 nitrogen and oxygen atoms in total. The van der Waals surface area contributed by atoms with Gasteiger partial charge in [0.1, 0.15) is 0 Å². The number of allylic oxidation sites excluding steroid dienone is 1. The average Bonchev–Trinajstić information content (AvgIpc) is 2.57. The first-order chi connectivity index (χ1) is 5.88. The molecule has 2 heteroatoms. The number of cyclic esters (lactones) is 1.